The lowest BCUT2D eigenvalue weighted by Crippen LogP contribution is -2.47. The SMILES string of the molecule is CN1CC(NCC2CCCO2)N(c2nnc(C(C)(C)C)s2)C1=O. The first-order valence-corrected chi connectivity index (χ1v) is 8.91. The molecule has 0 bridgehead atoms. The Kier molecular flexibility index (Phi) is 4.57. The average molecular weight is 339 g/mol. The predicted octanol–water partition coefficient (Wildman–Crippen LogP) is 1.80. The molecule has 0 saturated carbocycles. The zero-order chi connectivity index (χ0) is 16.6. The number of hydrogen-bond acceptors (Lipinski definition) is 6. The standard InChI is InChI=1S/C15H25N5O2S/c1-15(2,3)12-17-18-13(23-12)20-11(9-19(4)14(20)21)16-8-10-6-5-7-22-10/h10-11,16H,5-9H2,1-4H3. The van der Waals surface area contributed by atoms with Gasteiger partial charge in [-0.05, 0) is 12.8 Å². The summed E-state index contributed by atoms with van der Waals surface area (Å²) in [6.07, 6.45) is 2.36. The fraction of sp³-hybridized carbons (Fsp3) is 0.800. The van der Waals surface area contributed by atoms with Crippen LogP contribution < -0.4 is 10.2 Å². The van der Waals surface area contributed by atoms with E-state index in [1.54, 1.807) is 9.80 Å². The number of ether oxygens (including phenoxy) is 1. The van der Waals surface area contributed by atoms with E-state index in [-0.39, 0.29) is 23.7 Å². The third-order valence-corrected chi connectivity index (χ3v) is 5.51. The number of rotatable bonds is 4. The Morgan fingerprint density at radius 1 is 1.39 bits per heavy atom. The third-order valence-electron chi connectivity index (χ3n) is 4.16. The largest absolute Gasteiger partial charge is 0.377 e. The van der Waals surface area contributed by atoms with Crippen molar-refractivity contribution in [1.29, 1.82) is 0 Å². The van der Waals surface area contributed by atoms with Gasteiger partial charge in [0.1, 0.15) is 11.2 Å². The minimum Gasteiger partial charge on any atom is -0.377 e. The second-order valence-corrected chi connectivity index (χ2v) is 8.19. The zero-order valence-corrected chi connectivity index (χ0v) is 15.0. The van der Waals surface area contributed by atoms with E-state index in [1.807, 2.05) is 7.05 Å². The third kappa shape index (κ3) is 3.49. The molecule has 1 N–H and O–H groups in total. The summed E-state index contributed by atoms with van der Waals surface area (Å²) >= 11 is 1.49. The fourth-order valence-electron chi connectivity index (χ4n) is 2.80. The Morgan fingerprint density at radius 2 is 2.17 bits per heavy atom. The van der Waals surface area contributed by atoms with Gasteiger partial charge in [0.2, 0.25) is 5.13 Å². The number of likely N-dealkylation sites (N-methyl/N-ethyl adjacent to an activating group) is 1. The van der Waals surface area contributed by atoms with Gasteiger partial charge in [-0.25, -0.2) is 4.79 Å². The predicted molar refractivity (Wildman–Crippen MR) is 89.9 cm³/mol. The number of carbonyl (C=O) groups is 1. The molecule has 0 spiro atoms. The number of nitrogens with one attached hydrogen (secondary N) is 1. The van der Waals surface area contributed by atoms with Crippen molar-refractivity contribution in [3.63, 3.8) is 0 Å². The maximum Gasteiger partial charge on any atom is 0.327 e. The quantitative estimate of drug-likeness (QED) is 0.906. The van der Waals surface area contributed by atoms with Gasteiger partial charge < -0.3 is 9.64 Å². The summed E-state index contributed by atoms with van der Waals surface area (Å²) in [4.78, 5) is 15.9. The van der Waals surface area contributed by atoms with Gasteiger partial charge in [0.25, 0.3) is 0 Å². The fourth-order valence-corrected chi connectivity index (χ4v) is 3.74. The van der Waals surface area contributed by atoms with Gasteiger partial charge in [0.15, 0.2) is 0 Å². The zero-order valence-electron chi connectivity index (χ0n) is 14.2. The summed E-state index contributed by atoms with van der Waals surface area (Å²) in [6, 6.07) is -0.0357. The number of nitrogens with zero attached hydrogens (tertiary/aromatic N) is 4. The average Bonchev–Trinajstić information content (AvgIpc) is 3.18. The summed E-state index contributed by atoms with van der Waals surface area (Å²) in [5, 5.41) is 13.6. The van der Waals surface area contributed by atoms with E-state index in [0.29, 0.717) is 11.7 Å². The topological polar surface area (TPSA) is 70.6 Å². The summed E-state index contributed by atoms with van der Waals surface area (Å²) < 4.78 is 5.65. The van der Waals surface area contributed by atoms with Crippen LogP contribution in [0, 0.1) is 0 Å². The first-order valence-electron chi connectivity index (χ1n) is 8.09. The van der Waals surface area contributed by atoms with Gasteiger partial charge >= 0.3 is 6.03 Å². The number of urea groups is 1. The molecule has 1 aromatic heterocycles. The molecule has 7 nitrogen and oxygen atoms in total. The molecular formula is C15H25N5O2S. The van der Waals surface area contributed by atoms with Crippen LogP contribution in [-0.2, 0) is 10.2 Å². The minimum atomic E-state index is -0.0857. The van der Waals surface area contributed by atoms with Crippen molar-refractivity contribution in [3.05, 3.63) is 5.01 Å². The van der Waals surface area contributed by atoms with Crippen LogP contribution in [0.4, 0.5) is 9.93 Å². The molecule has 2 saturated heterocycles. The molecule has 2 aliphatic rings. The highest BCUT2D eigenvalue weighted by Gasteiger charge is 2.39. The summed E-state index contributed by atoms with van der Waals surface area (Å²) in [6.45, 7) is 8.53. The summed E-state index contributed by atoms with van der Waals surface area (Å²) in [5.41, 5.74) is -0.0643. The molecule has 1 aromatic rings. The molecule has 128 valence electrons. The normalized spacial score (nSPS) is 25.7. The van der Waals surface area contributed by atoms with Crippen molar-refractivity contribution >= 4 is 22.5 Å². The Bertz CT molecular complexity index is 564. The van der Waals surface area contributed by atoms with E-state index >= 15 is 0 Å². The van der Waals surface area contributed by atoms with Gasteiger partial charge in [-0.15, -0.1) is 10.2 Å². The molecule has 3 heterocycles. The molecule has 2 aliphatic heterocycles. The van der Waals surface area contributed by atoms with Crippen LogP contribution in [0.5, 0.6) is 0 Å². The molecule has 2 unspecified atom stereocenters. The van der Waals surface area contributed by atoms with Crippen LogP contribution in [-0.4, -0.2) is 60.1 Å². The lowest BCUT2D eigenvalue weighted by molar-refractivity contribution is 0.107. The smallest absolute Gasteiger partial charge is 0.327 e. The van der Waals surface area contributed by atoms with E-state index in [4.69, 9.17) is 4.74 Å². The van der Waals surface area contributed by atoms with Crippen LogP contribution in [0.2, 0.25) is 0 Å². The van der Waals surface area contributed by atoms with E-state index in [0.717, 1.165) is 31.0 Å². The summed E-state index contributed by atoms with van der Waals surface area (Å²) in [5.74, 6) is 0. The van der Waals surface area contributed by atoms with Crippen LogP contribution in [0.15, 0.2) is 0 Å². The molecule has 23 heavy (non-hydrogen) atoms. The van der Waals surface area contributed by atoms with Crippen molar-refractivity contribution in [3.8, 4) is 0 Å². The maximum absolute atomic E-state index is 12.5. The van der Waals surface area contributed by atoms with Crippen molar-refractivity contribution in [2.45, 2.75) is 51.3 Å². The second kappa shape index (κ2) is 6.33. The Hall–Kier alpha value is -1.25. The molecule has 3 rings (SSSR count). The van der Waals surface area contributed by atoms with E-state index in [9.17, 15) is 4.79 Å². The molecule has 0 radical (unpaired) electrons. The first kappa shape index (κ1) is 16.6. The molecule has 0 aromatic carbocycles. The van der Waals surface area contributed by atoms with Crippen LogP contribution in [0.25, 0.3) is 0 Å². The second-order valence-electron chi connectivity index (χ2n) is 7.23. The molecule has 2 amide bonds. The summed E-state index contributed by atoms with van der Waals surface area (Å²) in [7, 11) is 1.81. The number of aromatic nitrogens is 2. The monoisotopic (exact) mass is 339 g/mol. The van der Waals surface area contributed by atoms with Crippen molar-refractivity contribution in [1.82, 2.24) is 20.4 Å². The highest BCUT2D eigenvalue weighted by molar-refractivity contribution is 7.15. The lowest BCUT2D eigenvalue weighted by atomic mass is 9.98. The van der Waals surface area contributed by atoms with Gasteiger partial charge in [0, 0.05) is 25.6 Å². The van der Waals surface area contributed by atoms with Crippen LogP contribution in [0.1, 0.15) is 38.6 Å². The highest BCUT2D eigenvalue weighted by Crippen LogP contribution is 2.32. The van der Waals surface area contributed by atoms with Gasteiger partial charge in [-0.3, -0.25) is 10.2 Å². The molecule has 8 heteroatoms. The van der Waals surface area contributed by atoms with Crippen molar-refractivity contribution in [2.24, 2.45) is 0 Å². The molecule has 2 atom stereocenters. The van der Waals surface area contributed by atoms with Gasteiger partial charge in [0.05, 0.1) is 12.6 Å². The Labute approximate surface area is 141 Å². The number of hydrogen-bond donors (Lipinski definition) is 1. The van der Waals surface area contributed by atoms with E-state index < -0.39 is 0 Å². The lowest BCUT2D eigenvalue weighted by Gasteiger charge is -2.22. The molecule has 2 fully saturated rings. The van der Waals surface area contributed by atoms with Crippen LogP contribution in [0.3, 0.4) is 0 Å². The van der Waals surface area contributed by atoms with Crippen molar-refractivity contribution in [2.75, 3.05) is 31.6 Å². The molecular weight excluding hydrogens is 314 g/mol. The van der Waals surface area contributed by atoms with Crippen molar-refractivity contribution < 1.29 is 9.53 Å². The number of anilines is 1. The van der Waals surface area contributed by atoms with Gasteiger partial charge in [-0.1, -0.05) is 32.1 Å². The minimum absolute atomic E-state index is 0.0357. The molecule has 0 aliphatic carbocycles. The van der Waals surface area contributed by atoms with E-state index in [1.165, 1.54) is 11.3 Å². The number of amides is 2. The maximum atomic E-state index is 12.5. The Balaban J connectivity index is 1.73. The Morgan fingerprint density at radius 3 is 2.78 bits per heavy atom. The van der Waals surface area contributed by atoms with Gasteiger partial charge in [-0.2, -0.15) is 0 Å². The highest BCUT2D eigenvalue weighted by atomic mass is 32.1. The number of carbonyl (C=O) groups excluding carboxylic acids is 1. The van der Waals surface area contributed by atoms with E-state index in [2.05, 4.69) is 36.3 Å². The first-order chi connectivity index (χ1) is 10.9. The van der Waals surface area contributed by atoms with Crippen LogP contribution >= 0.6 is 11.3 Å².